The fraction of sp³-hybridized carbons (Fsp3) is 0.286. The smallest absolute Gasteiger partial charge is 0.124 e. The van der Waals surface area contributed by atoms with Crippen LogP contribution in [0, 0.1) is 5.82 Å². The van der Waals surface area contributed by atoms with E-state index >= 15 is 0 Å². The minimum absolute atomic E-state index is 0.199. The first-order valence-corrected chi connectivity index (χ1v) is 6.86. The van der Waals surface area contributed by atoms with Crippen LogP contribution in [0.2, 0.25) is 0 Å². The van der Waals surface area contributed by atoms with E-state index in [1.165, 1.54) is 12.1 Å². The average molecular weight is 292 g/mol. The predicted octanol–water partition coefficient (Wildman–Crippen LogP) is 2.55. The van der Waals surface area contributed by atoms with Crippen LogP contribution in [0.25, 0.3) is 0 Å². The molecule has 2 rings (SSSR count). The quantitative estimate of drug-likeness (QED) is 0.608. The van der Waals surface area contributed by atoms with Gasteiger partial charge in [0, 0.05) is 36.7 Å². The summed E-state index contributed by atoms with van der Waals surface area (Å²) < 4.78 is 15.2. The summed E-state index contributed by atoms with van der Waals surface area (Å²) >= 11 is 4.93. The molecule has 0 aliphatic carbocycles. The van der Waals surface area contributed by atoms with Crippen LogP contribution in [0.1, 0.15) is 18.4 Å². The number of imidazole rings is 1. The first-order valence-electron chi connectivity index (χ1n) is 6.46. The lowest BCUT2D eigenvalue weighted by Gasteiger charge is -2.11. The second kappa shape index (κ2) is 7.00. The summed E-state index contributed by atoms with van der Waals surface area (Å²) in [5.41, 5.74) is 6.92. The minimum Gasteiger partial charge on any atom is -0.389 e. The summed E-state index contributed by atoms with van der Waals surface area (Å²) in [7, 11) is 0. The first kappa shape index (κ1) is 14.5. The Kier molecular flexibility index (Phi) is 5.06. The molecular weight excluding hydrogens is 275 g/mol. The van der Waals surface area contributed by atoms with Gasteiger partial charge in [0.1, 0.15) is 10.8 Å². The zero-order chi connectivity index (χ0) is 14.4. The molecule has 0 unspecified atom stereocenters. The SMILES string of the molecule is NC(=S)c1cc(F)ccc1NCCCCn1ccnc1. The van der Waals surface area contributed by atoms with Gasteiger partial charge in [-0.25, -0.2) is 9.37 Å². The lowest BCUT2D eigenvalue weighted by molar-refractivity contribution is 0.620. The van der Waals surface area contributed by atoms with Gasteiger partial charge in [-0.15, -0.1) is 0 Å². The Balaban J connectivity index is 1.80. The molecule has 1 aromatic carbocycles. The summed E-state index contributed by atoms with van der Waals surface area (Å²) in [6.07, 6.45) is 7.54. The molecule has 0 spiro atoms. The lowest BCUT2D eigenvalue weighted by atomic mass is 10.1. The summed E-state index contributed by atoms with van der Waals surface area (Å²) in [6.45, 7) is 1.73. The number of nitrogens with zero attached hydrogens (tertiary/aromatic N) is 2. The topological polar surface area (TPSA) is 55.9 Å². The minimum atomic E-state index is -0.335. The molecule has 3 N–H and O–H groups in total. The van der Waals surface area contributed by atoms with Crippen LogP contribution in [0.3, 0.4) is 0 Å². The maximum absolute atomic E-state index is 13.2. The Morgan fingerprint density at radius 1 is 1.40 bits per heavy atom. The van der Waals surface area contributed by atoms with Gasteiger partial charge in [-0.1, -0.05) is 12.2 Å². The highest BCUT2D eigenvalue weighted by Crippen LogP contribution is 2.17. The number of nitrogens with two attached hydrogens (primary N) is 1. The number of rotatable bonds is 7. The number of hydrogen-bond acceptors (Lipinski definition) is 3. The Bertz CT molecular complexity index is 569. The third-order valence-corrected chi connectivity index (χ3v) is 3.18. The summed E-state index contributed by atoms with van der Waals surface area (Å²) in [6, 6.07) is 4.42. The largest absolute Gasteiger partial charge is 0.389 e. The Labute approximate surface area is 122 Å². The third kappa shape index (κ3) is 4.03. The molecule has 6 heteroatoms. The molecular formula is C14H17FN4S. The summed E-state index contributed by atoms with van der Waals surface area (Å²) in [5, 5.41) is 3.24. The molecule has 0 aliphatic rings. The summed E-state index contributed by atoms with van der Waals surface area (Å²) in [5.74, 6) is -0.335. The molecule has 1 aromatic heterocycles. The van der Waals surface area contributed by atoms with Crippen LogP contribution in [0.15, 0.2) is 36.9 Å². The van der Waals surface area contributed by atoms with Crippen molar-refractivity contribution in [2.24, 2.45) is 5.73 Å². The molecule has 0 bridgehead atoms. The van der Waals surface area contributed by atoms with Gasteiger partial charge in [-0.05, 0) is 31.0 Å². The van der Waals surface area contributed by atoms with Crippen LogP contribution in [-0.2, 0) is 6.54 Å². The Morgan fingerprint density at radius 3 is 2.95 bits per heavy atom. The number of thiocarbonyl (C=S) groups is 1. The van der Waals surface area contributed by atoms with E-state index in [1.54, 1.807) is 18.6 Å². The number of nitrogens with one attached hydrogen (secondary N) is 1. The third-order valence-electron chi connectivity index (χ3n) is 2.96. The Hall–Kier alpha value is -1.95. The van der Waals surface area contributed by atoms with Crippen molar-refractivity contribution in [3.63, 3.8) is 0 Å². The van der Waals surface area contributed by atoms with Crippen LogP contribution >= 0.6 is 12.2 Å². The van der Waals surface area contributed by atoms with E-state index in [2.05, 4.69) is 10.3 Å². The maximum Gasteiger partial charge on any atom is 0.124 e. The molecule has 4 nitrogen and oxygen atoms in total. The van der Waals surface area contributed by atoms with Gasteiger partial charge in [0.25, 0.3) is 0 Å². The highest BCUT2D eigenvalue weighted by molar-refractivity contribution is 7.80. The number of anilines is 1. The van der Waals surface area contributed by atoms with Crippen molar-refractivity contribution < 1.29 is 4.39 Å². The first-order chi connectivity index (χ1) is 9.66. The molecule has 0 atom stereocenters. The Morgan fingerprint density at radius 2 is 2.25 bits per heavy atom. The van der Waals surface area contributed by atoms with Gasteiger partial charge < -0.3 is 15.6 Å². The highest BCUT2D eigenvalue weighted by Gasteiger charge is 2.06. The normalized spacial score (nSPS) is 10.4. The van der Waals surface area contributed by atoms with E-state index in [0.29, 0.717) is 5.56 Å². The van der Waals surface area contributed by atoms with Crippen molar-refractivity contribution in [3.8, 4) is 0 Å². The molecule has 106 valence electrons. The van der Waals surface area contributed by atoms with Gasteiger partial charge in [0.05, 0.1) is 6.33 Å². The second-order valence-corrected chi connectivity index (χ2v) is 4.93. The van der Waals surface area contributed by atoms with E-state index in [4.69, 9.17) is 18.0 Å². The van der Waals surface area contributed by atoms with Crippen molar-refractivity contribution in [3.05, 3.63) is 48.3 Å². The molecule has 0 amide bonds. The maximum atomic E-state index is 13.2. The average Bonchev–Trinajstić information content (AvgIpc) is 2.92. The van der Waals surface area contributed by atoms with E-state index in [-0.39, 0.29) is 10.8 Å². The van der Waals surface area contributed by atoms with E-state index in [9.17, 15) is 4.39 Å². The van der Waals surface area contributed by atoms with Gasteiger partial charge >= 0.3 is 0 Å². The van der Waals surface area contributed by atoms with E-state index in [1.807, 2.05) is 10.8 Å². The van der Waals surface area contributed by atoms with Crippen molar-refractivity contribution in [1.29, 1.82) is 0 Å². The summed E-state index contributed by atoms with van der Waals surface area (Å²) in [4.78, 5) is 4.19. The van der Waals surface area contributed by atoms with Gasteiger partial charge in [-0.3, -0.25) is 0 Å². The highest BCUT2D eigenvalue weighted by atomic mass is 32.1. The second-order valence-electron chi connectivity index (χ2n) is 4.49. The van der Waals surface area contributed by atoms with E-state index < -0.39 is 0 Å². The zero-order valence-electron chi connectivity index (χ0n) is 11.1. The molecule has 0 saturated carbocycles. The molecule has 1 heterocycles. The van der Waals surface area contributed by atoms with Crippen LogP contribution in [0.4, 0.5) is 10.1 Å². The fourth-order valence-corrected chi connectivity index (χ4v) is 2.10. The lowest BCUT2D eigenvalue weighted by Crippen LogP contribution is -2.14. The number of hydrogen-bond donors (Lipinski definition) is 2. The van der Waals surface area contributed by atoms with Gasteiger partial charge in [0.2, 0.25) is 0 Å². The van der Waals surface area contributed by atoms with Gasteiger partial charge in [0.15, 0.2) is 0 Å². The van der Waals surface area contributed by atoms with Crippen molar-refractivity contribution in [2.45, 2.75) is 19.4 Å². The predicted molar refractivity (Wildman–Crippen MR) is 82.2 cm³/mol. The number of benzene rings is 1. The molecule has 0 radical (unpaired) electrons. The van der Waals surface area contributed by atoms with Gasteiger partial charge in [-0.2, -0.15) is 0 Å². The molecule has 0 fully saturated rings. The number of aryl methyl sites for hydroxylation is 1. The van der Waals surface area contributed by atoms with Crippen LogP contribution in [-0.4, -0.2) is 21.1 Å². The molecule has 2 aromatic rings. The number of halogens is 1. The van der Waals surface area contributed by atoms with Crippen LogP contribution in [0.5, 0.6) is 0 Å². The van der Waals surface area contributed by atoms with E-state index in [0.717, 1.165) is 31.6 Å². The molecule has 0 aliphatic heterocycles. The molecule has 20 heavy (non-hydrogen) atoms. The monoisotopic (exact) mass is 292 g/mol. The standard InChI is InChI=1S/C14H17FN4S/c15-11-3-4-13(12(9-11)14(16)20)18-5-1-2-7-19-8-6-17-10-19/h3-4,6,8-10,18H,1-2,5,7H2,(H2,16,20). The number of aromatic nitrogens is 2. The molecule has 0 saturated heterocycles. The zero-order valence-corrected chi connectivity index (χ0v) is 11.9. The fourth-order valence-electron chi connectivity index (χ4n) is 1.94. The van der Waals surface area contributed by atoms with Crippen molar-refractivity contribution >= 4 is 22.9 Å². The number of unbranched alkanes of at least 4 members (excludes halogenated alkanes) is 1. The van der Waals surface area contributed by atoms with Crippen molar-refractivity contribution in [2.75, 3.05) is 11.9 Å². The van der Waals surface area contributed by atoms with Crippen molar-refractivity contribution in [1.82, 2.24) is 9.55 Å². The van der Waals surface area contributed by atoms with Crippen LogP contribution < -0.4 is 11.1 Å².